The second-order valence-corrected chi connectivity index (χ2v) is 9.14. The molecule has 6 heteroatoms. The van der Waals surface area contributed by atoms with Crippen molar-refractivity contribution in [1.82, 2.24) is 0 Å². The fraction of sp³-hybridized carbons (Fsp3) is 0.767. The molecule has 0 aromatic rings. The van der Waals surface area contributed by atoms with Crippen molar-refractivity contribution in [3.05, 3.63) is 0 Å². The minimum Gasteiger partial charge on any atom is -0.481 e. The summed E-state index contributed by atoms with van der Waals surface area (Å²) in [6, 6.07) is 0. The van der Waals surface area contributed by atoms with Gasteiger partial charge in [-0.1, -0.05) is 83.0 Å². The van der Waals surface area contributed by atoms with Crippen molar-refractivity contribution in [1.29, 1.82) is 0 Å². The molecule has 0 radical (unpaired) electrons. The number of ether oxygens (including phenoxy) is 2. The van der Waals surface area contributed by atoms with Crippen LogP contribution in [0, 0.1) is 23.7 Å². The Kier molecular flexibility index (Phi) is 25.3. The molecule has 0 aliphatic heterocycles. The predicted molar refractivity (Wildman–Crippen MR) is 143 cm³/mol. The average molecular weight is 505 g/mol. The molecule has 6 nitrogen and oxygen atoms in total. The molecule has 0 saturated carbocycles. The number of carbonyl (C=O) groups is 3. The summed E-state index contributed by atoms with van der Waals surface area (Å²) in [4.78, 5) is 33.4. The summed E-state index contributed by atoms with van der Waals surface area (Å²) in [5.74, 6) is 10.0. The number of rotatable bonds is 23. The molecule has 0 saturated heterocycles. The third kappa shape index (κ3) is 27.8. The van der Waals surface area contributed by atoms with E-state index in [1.165, 1.54) is 57.8 Å². The van der Waals surface area contributed by atoms with Gasteiger partial charge in [0, 0.05) is 19.3 Å². The second-order valence-electron chi connectivity index (χ2n) is 9.14. The van der Waals surface area contributed by atoms with Gasteiger partial charge in [0.15, 0.2) is 0 Å². The zero-order chi connectivity index (χ0) is 26.5. The van der Waals surface area contributed by atoms with Crippen LogP contribution in [0.25, 0.3) is 0 Å². The fourth-order valence-corrected chi connectivity index (χ4v) is 3.50. The second kappa shape index (κ2) is 27.1. The summed E-state index contributed by atoms with van der Waals surface area (Å²) in [7, 11) is 0. The summed E-state index contributed by atoms with van der Waals surface area (Å²) < 4.78 is 10.2. The molecule has 0 atom stereocenters. The quantitative estimate of drug-likeness (QED) is 0.0916. The lowest BCUT2D eigenvalue weighted by Crippen LogP contribution is -2.08. The lowest BCUT2D eigenvalue weighted by atomic mass is 10.1. The van der Waals surface area contributed by atoms with E-state index in [2.05, 4.69) is 30.6 Å². The molecule has 0 aliphatic carbocycles. The van der Waals surface area contributed by atoms with Crippen molar-refractivity contribution in [2.45, 2.75) is 135 Å². The largest absolute Gasteiger partial charge is 0.481 e. The van der Waals surface area contributed by atoms with Crippen LogP contribution in [0.2, 0.25) is 0 Å². The van der Waals surface area contributed by atoms with Gasteiger partial charge in [-0.25, -0.2) is 0 Å². The highest BCUT2D eigenvalue weighted by atomic mass is 16.5. The van der Waals surface area contributed by atoms with Crippen molar-refractivity contribution >= 4 is 17.9 Å². The third-order valence-corrected chi connectivity index (χ3v) is 5.69. The highest BCUT2D eigenvalue weighted by molar-refractivity contribution is 5.76. The summed E-state index contributed by atoms with van der Waals surface area (Å²) >= 11 is 0. The maximum Gasteiger partial charge on any atom is 0.306 e. The third-order valence-electron chi connectivity index (χ3n) is 5.69. The van der Waals surface area contributed by atoms with E-state index in [1.807, 2.05) is 0 Å². The first-order valence-corrected chi connectivity index (χ1v) is 14.0. The lowest BCUT2D eigenvalue weighted by Gasteiger charge is -2.04. The molecule has 0 bridgehead atoms. The highest BCUT2D eigenvalue weighted by Crippen LogP contribution is 2.12. The summed E-state index contributed by atoms with van der Waals surface area (Å²) in [5.41, 5.74) is 0. The number of esters is 2. The van der Waals surface area contributed by atoms with Gasteiger partial charge in [-0.05, 0) is 43.9 Å². The van der Waals surface area contributed by atoms with Crippen LogP contribution in [0.4, 0.5) is 0 Å². The fourth-order valence-electron chi connectivity index (χ4n) is 3.50. The number of hydrogen-bond donors (Lipinski definition) is 1. The van der Waals surface area contributed by atoms with E-state index in [1.54, 1.807) is 0 Å². The van der Waals surface area contributed by atoms with Crippen molar-refractivity contribution in [2.75, 3.05) is 13.2 Å². The minimum absolute atomic E-state index is 0.0853. The van der Waals surface area contributed by atoms with E-state index in [0.717, 1.165) is 38.5 Å². The zero-order valence-electron chi connectivity index (χ0n) is 22.5. The lowest BCUT2D eigenvalue weighted by molar-refractivity contribution is -0.147. The van der Waals surface area contributed by atoms with Crippen molar-refractivity contribution < 1.29 is 29.0 Å². The monoisotopic (exact) mass is 504 g/mol. The van der Waals surface area contributed by atoms with Gasteiger partial charge in [-0.3, -0.25) is 14.4 Å². The molecule has 0 rings (SSSR count). The van der Waals surface area contributed by atoms with Crippen LogP contribution in [-0.2, 0) is 23.9 Å². The van der Waals surface area contributed by atoms with Crippen molar-refractivity contribution in [3.8, 4) is 23.7 Å². The van der Waals surface area contributed by atoms with Crippen LogP contribution < -0.4 is 0 Å². The van der Waals surface area contributed by atoms with Gasteiger partial charge in [0.05, 0.1) is 26.1 Å². The topological polar surface area (TPSA) is 89.9 Å². The van der Waals surface area contributed by atoms with Gasteiger partial charge < -0.3 is 14.6 Å². The molecule has 0 aliphatic rings. The Balaban J connectivity index is 3.41. The summed E-state index contributed by atoms with van der Waals surface area (Å²) in [5, 5.41) is 8.49. The molecular weight excluding hydrogens is 456 g/mol. The maximum atomic E-state index is 11.8. The molecular formula is C30H48O6. The molecule has 0 spiro atoms. The SMILES string of the molecule is CCCCCCCCCCCCCC(=O)OCCCCC#CC#CCCCCOC(=O)CCC(=O)O. The van der Waals surface area contributed by atoms with Crippen LogP contribution in [0.15, 0.2) is 0 Å². The van der Waals surface area contributed by atoms with Crippen LogP contribution in [-0.4, -0.2) is 36.2 Å². The molecule has 0 unspecified atom stereocenters. The Bertz CT molecular complexity index is 692. The van der Waals surface area contributed by atoms with Crippen molar-refractivity contribution in [2.24, 2.45) is 0 Å². The van der Waals surface area contributed by atoms with Gasteiger partial charge in [0.1, 0.15) is 0 Å². The number of unbranched alkanes of at least 4 members (excludes halogenated alkanes) is 14. The van der Waals surface area contributed by atoms with E-state index in [4.69, 9.17) is 14.6 Å². The zero-order valence-corrected chi connectivity index (χ0v) is 22.5. The molecule has 0 heterocycles. The van der Waals surface area contributed by atoms with Gasteiger partial charge in [0.2, 0.25) is 0 Å². The van der Waals surface area contributed by atoms with Gasteiger partial charge in [0.25, 0.3) is 0 Å². The predicted octanol–water partition coefficient (Wildman–Crippen LogP) is 6.99. The van der Waals surface area contributed by atoms with E-state index >= 15 is 0 Å². The smallest absolute Gasteiger partial charge is 0.306 e. The van der Waals surface area contributed by atoms with Gasteiger partial charge in [-0.15, -0.1) is 0 Å². The Hall–Kier alpha value is -2.47. The van der Waals surface area contributed by atoms with Crippen LogP contribution in [0.1, 0.15) is 135 Å². The first-order chi connectivity index (χ1) is 17.6. The molecule has 1 N–H and O–H groups in total. The minimum atomic E-state index is -1.00. The Morgan fingerprint density at radius 1 is 0.556 bits per heavy atom. The highest BCUT2D eigenvalue weighted by Gasteiger charge is 2.05. The first-order valence-electron chi connectivity index (χ1n) is 14.0. The number of hydrogen-bond acceptors (Lipinski definition) is 5. The molecule has 0 amide bonds. The van der Waals surface area contributed by atoms with Crippen LogP contribution in [0.5, 0.6) is 0 Å². The molecule has 0 aromatic carbocycles. The summed E-state index contributed by atoms with van der Waals surface area (Å²) in [6.45, 7) is 3.00. The normalized spacial score (nSPS) is 10.0. The molecule has 0 fully saturated rings. The molecule has 204 valence electrons. The Labute approximate surface area is 219 Å². The Morgan fingerprint density at radius 2 is 1.00 bits per heavy atom. The number of aliphatic carboxylic acids is 1. The number of carboxylic acids is 1. The standard InChI is InChI=1S/C30H48O6/c1-2-3-4-5-6-7-8-11-14-17-20-23-29(33)35-26-21-18-15-12-9-10-13-16-19-22-27-36-30(34)25-24-28(31)32/h2-8,11,14-27H2,1H3,(H,31,32). The number of carbonyl (C=O) groups excluding carboxylic acids is 2. The molecule has 36 heavy (non-hydrogen) atoms. The van der Waals surface area contributed by atoms with E-state index in [9.17, 15) is 14.4 Å². The average Bonchev–Trinajstić information content (AvgIpc) is 2.86. The van der Waals surface area contributed by atoms with Crippen LogP contribution >= 0.6 is 0 Å². The summed E-state index contributed by atoms with van der Waals surface area (Å²) in [6.07, 6.45) is 18.9. The van der Waals surface area contributed by atoms with Gasteiger partial charge >= 0.3 is 17.9 Å². The maximum absolute atomic E-state index is 11.8. The van der Waals surface area contributed by atoms with Crippen LogP contribution in [0.3, 0.4) is 0 Å². The van der Waals surface area contributed by atoms with E-state index in [0.29, 0.717) is 25.9 Å². The Morgan fingerprint density at radius 3 is 1.47 bits per heavy atom. The molecule has 0 aromatic heterocycles. The van der Waals surface area contributed by atoms with E-state index in [-0.39, 0.29) is 25.4 Å². The van der Waals surface area contributed by atoms with Gasteiger partial charge in [-0.2, -0.15) is 0 Å². The van der Waals surface area contributed by atoms with E-state index < -0.39 is 11.9 Å². The first kappa shape index (κ1) is 33.5. The van der Waals surface area contributed by atoms with Crippen molar-refractivity contribution in [3.63, 3.8) is 0 Å². The number of carboxylic acid groups (broad SMARTS) is 1.